The number of aromatic hydroxyl groups is 2. The van der Waals surface area contributed by atoms with Crippen LogP contribution in [0.3, 0.4) is 0 Å². The van der Waals surface area contributed by atoms with Gasteiger partial charge < -0.3 is 19.7 Å². The van der Waals surface area contributed by atoms with Crippen LogP contribution >= 0.6 is 49.8 Å². The number of ether oxygens (including phenoxy) is 2. The minimum atomic E-state index is -1.84. The van der Waals surface area contributed by atoms with Gasteiger partial charge in [-0.25, -0.2) is 4.79 Å². The van der Waals surface area contributed by atoms with Crippen LogP contribution in [0.25, 0.3) is 0 Å². The number of benzene rings is 3. The van der Waals surface area contributed by atoms with Crippen molar-refractivity contribution < 1.29 is 24.5 Å². The number of rotatable bonds is 1. The molecule has 29 heavy (non-hydrogen) atoms. The van der Waals surface area contributed by atoms with Gasteiger partial charge in [0.15, 0.2) is 5.60 Å². The first kappa shape index (κ1) is 19.3. The minimum Gasteiger partial charge on any atom is -0.508 e. The van der Waals surface area contributed by atoms with Crippen molar-refractivity contribution >= 4 is 55.7 Å². The van der Waals surface area contributed by atoms with E-state index < -0.39 is 16.9 Å². The average molecular weight is 603 g/mol. The van der Waals surface area contributed by atoms with Crippen LogP contribution in [0, 0.1) is 0 Å². The Labute approximate surface area is 189 Å². The minimum absolute atomic E-state index is 0.000682. The van der Waals surface area contributed by atoms with Gasteiger partial charge in [-0.3, -0.25) is 0 Å². The molecule has 0 bridgehead atoms. The highest BCUT2D eigenvalue weighted by atomic mass is 80.0. The van der Waals surface area contributed by atoms with Crippen molar-refractivity contribution in [2.45, 2.75) is 10.5 Å². The molecule has 2 heterocycles. The molecule has 9 heteroatoms. The van der Waals surface area contributed by atoms with Crippen LogP contribution in [0.4, 0.5) is 0 Å². The van der Waals surface area contributed by atoms with E-state index >= 15 is 0 Å². The number of hydrogen-bond donors (Lipinski definition) is 2. The van der Waals surface area contributed by atoms with E-state index in [2.05, 4.69) is 44.4 Å². The Morgan fingerprint density at radius 3 is 2.34 bits per heavy atom. The van der Waals surface area contributed by atoms with E-state index in [4.69, 9.17) is 9.47 Å². The summed E-state index contributed by atoms with van der Waals surface area (Å²) < 4.78 is 12.0. The lowest BCUT2D eigenvalue weighted by Crippen LogP contribution is -2.33. The summed E-state index contributed by atoms with van der Waals surface area (Å²) in [5.41, 5.74) is 1.06. The predicted molar refractivity (Wildman–Crippen MR) is 121 cm³/mol. The molecule has 0 radical (unpaired) electrons. The second-order valence-electron chi connectivity index (χ2n) is 6.62. The van der Waals surface area contributed by atoms with E-state index in [0.717, 1.165) is 0 Å². The van der Waals surface area contributed by atoms with Crippen LogP contribution in [-0.4, -0.2) is 16.2 Å². The molecule has 0 fully saturated rings. The number of halogens is 3. The highest BCUT2D eigenvalue weighted by molar-refractivity contribution is 10.2. The molecule has 0 aromatic heterocycles. The zero-order valence-corrected chi connectivity index (χ0v) is 19.9. The first-order valence-electron chi connectivity index (χ1n) is 8.35. The number of hydrogen-bond acceptors (Lipinski definition) is 5. The van der Waals surface area contributed by atoms with Crippen LogP contribution in [-0.2, 0) is 10.3 Å². The Morgan fingerprint density at radius 1 is 0.862 bits per heavy atom. The highest BCUT2D eigenvalue weighted by Crippen LogP contribution is 2.77. The maximum absolute atomic E-state index is 12.8. The van der Waals surface area contributed by atoms with Crippen LogP contribution in [0.1, 0.15) is 27.0 Å². The molecule has 2 aliphatic heterocycles. The summed E-state index contributed by atoms with van der Waals surface area (Å²) >= 11 is 10.6. The highest BCUT2D eigenvalue weighted by Gasteiger charge is 2.54. The summed E-state index contributed by atoms with van der Waals surface area (Å²) in [6.45, 7) is 0. The smallest absolute Gasteiger partial charge is 0.340 e. The quantitative estimate of drug-likeness (QED) is 0.301. The standard InChI is InChI=1S/C20H11Br3O5S/c21-29(22,23)18-8-14-17(9-15(18)25)27-16-7-10(24)5-6-13(16)20(14)12-4-2-1-3-11(12)19(26)28-20/h1-9,24-25H. The van der Waals surface area contributed by atoms with Crippen LogP contribution < -0.4 is 4.74 Å². The lowest BCUT2D eigenvalue weighted by molar-refractivity contribution is 0.0223. The van der Waals surface area contributed by atoms with Gasteiger partial charge in [0, 0.05) is 28.8 Å². The van der Waals surface area contributed by atoms with Gasteiger partial charge in [0.25, 0.3) is 0 Å². The van der Waals surface area contributed by atoms with Gasteiger partial charge in [-0.05, 0) is 74.0 Å². The summed E-state index contributed by atoms with van der Waals surface area (Å²) in [7, 11) is 0. The number of phenolic OH excluding ortho intramolecular Hbond substituents is 2. The van der Waals surface area contributed by atoms with Crippen molar-refractivity contribution in [2.75, 3.05) is 0 Å². The van der Waals surface area contributed by atoms with Crippen molar-refractivity contribution in [3.63, 3.8) is 0 Å². The topological polar surface area (TPSA) is 76.0 Å². The maximum atomic E-state index is 12.8. The van der Waals surface area contributed by atoms with Gasteiger partial charge in [0.1, 0.15) is 23.0 Å². The number of phenols is 2. The third kappa shape index (κ3) is 2.74. The second-order valence-corrected chi connectivity index (χ2v) is 24.4. The number of carbonyl (C=O) groups is 1. The molecular weight excluding hydrogens is 592 g/mol. The number of carbonyl (C=O) groups excluding carboxylic acids is 1. The SMILES string of the molecule is O=C1OC2(c3ccc(O)cc3Oc3cc(O)c(S(Br)(Br)Br)cc32)c2ccccc21. The van der Waals surface area contributed by atoms with Crippen LogP contribution in [0.5, 0.6) is 23.0 Å². The summed E-state index contributed by atoms with van der Waals surface area (Å²) in [6.07, 6.45) is 0. The fourth-order valence-corrected chi connectivity index (χ4v) is 6.74. The van der Waals surface area contributed by atoms with Crippen molar-refractivity contribution in [2.24, 2.45) is 0 Å². The second kappa shape index (κ2) is 6.41. The van der Waals surface area contributed by atoms with Crippen LogP contribution in [0.2, 0.25) is 0 Å². The lowest BCUT2D eigenvalue weighted by atomic mass is 9.77. The maximum Gasteiger partial charge on any atom is 0.340 e. The number of esters is 1. The van der Waals surface area contributed by atoms with E-state index in [1.807, 2.05) is 12.1 Å². The van der Waals surface area contributed by atoms with E-state index in [1.165, 1.54) is 18.2 Å². The first-order valence-corrected chi connectivity index (χ1v) is 15.5. The summed E-state index contributed by atoms with van der Waals surface area (Å²) in [4.78, 5) is 13.3. The molecule has 5 nitrogen and oxygen atoms in total. The molecule has 0 saturated heterocycles. The molecule has 1 spiro atoms. The molecular formula is C20H11Br3O5S. The molecule has 3 aromatic carbocycles. The van der Waals surface area contributed by atoms with Crippen molar-refractivity contribution in [3.8, 4) is 23.0 Å². The fourth-order valence-electron chi connectivity index (χ4n) is 3.86. The van der Waals surface area contributed by atoms with Crippen LogP contribution in [0.15, 0.2) is 59.5 Å². The Bertz CT molecular complexity index is 1210. The molecule has 148 valence electrons. The Balaban J connectivity index is 1.90. The molecule has 2 N–H and O–H groups in total. The summed E-state index contributed by atoms with van der Waals surface area (Å²) in [6, 6.07) is 15.1. The summed E-state index contributed by atoms with van der Waals surface area (Å²) in [5.74, 6) is 0.262. The monoisotopic (exact) mass is 600 g/mol. The van der Waals surface area contributed by atoms with Crippen molar-refractivity contribution in [3.05, 3.63) is 76.9 Å². The van der Waals surface area contributed by atoms with Gasteiger partial charge in [-0.15, -0.1) is 0 Å². The van der Waals surface area contributed by atoms with Gasteiger partial charge in [-0.2, -0.15) is 0 Å². The average Bonchev–Trinajstić information content (AvgIpc) is 2.94. The molecule has 1 unspecified atom stereocenters. The van der Waals surface area contributed by atoms with Gasteiger partial charge in [-0.1, -0.05) is 18.2 Å². The molecule has 1 atom stereocenters. The lowest BCUT2D eigenvalue weighted by Gasteiger charge is -2.37. The zero-order valence-electron chi connectivity index (χ0n) is 14.4. The fraction of sp³-hybridized carbons (Fsp3) is 0.0500. The van der Waals surface area contributed by atoms with Crippen molar-refractivity contribution in [1.82, 2.24) is 0 Å². The van der Waals surface area contributed by atoms with Gasteiger partial charge in [0.05, 0.1) is 10.5 Å². The van der Waals surface area contributed by atoms with E-state index in [1.54, 1.807) is 24.3 Å². The van der Waals surface area contributed by atoms with Gasteiger partial charge in [0.2, 0.25) is 0 Å². The normalized spacial score (nSPS) is 19.8. The molecule has 5 rings (SSSR count). The number of fused-ring (bicyclic) bond motifs is 6. The predicted octanol–water partition coefficient (Wildman–Crippen LogP) is 6.76. The Morgan fingerprint density at radius 2 is 1.59 bits per heavy atom. The molecule has 3 aromatic rings. The zero-order chi connectivity index (χ0) is 20.6. The van der Waals surface area contributed by atoms with Crippen molar-refractivity contribution in [1.29, 1.82) is 0 Å². The molecule has 0 aliphatic carbocycles. The van der Waals surface area contributed by atoms with E-state index in [9.17, 15) is 15.0 Å². The molecule has 0 saturated carbocycles. The van der Waals surface area contributed by atoms with E-state index in [-0.39, 0.29) is 11.5 Å². The Hall–Kier alpha value is -1.68. The largest absolute Gasteiger partial charge is 0.508 e. The first-order chi connectivity index (χ1) is 13.7. The third-order valence-corrected chi connectivity index (χ3v) is 8.99. The third-order valence-electron chi connectivity index (χ3n) is 5.03. The van der Waals surface area contributed by atoms with Gasteiger partial charge >= 0.3 is 5.97 Å². The molecule has 2 aliphatic rings. The molecule has 0 amide bonds. The van der Waals surface area contributed by atoms with E-state index in [0.29, 0.717) is 38.6 Å². The summed E-state index contributed by atoms with van der Waals surface area (Å²) in [5, 5.41) is 18.7. The Kier molecular flexibility index (Phi) is 4.26.